The van der Waals surface area contributed by atoms with Crippen LogP contribution < -0.4 is 15.4 Å². The molecule has 2 aromatic carbocycles. The highest BCUT2D eigenvalue weighted by Gasteiger charge is 2.35. The number of carbonyl (C=O) groups excluding carboxylic acids is 3. The minimum atomic E-state index is -0.788. The van der Waals surface area contributed by atoms with E-state index < -0.39 is 11.9 Å². The van der Waals surface area contributed by atoms with Crippen LogP contribution in [-0.4, -0.2) is 93.9 Å². The van der Waals surface area contributed by atoms with Crippen LogP contribution in [0.3, 0.4) is 0 Å². The molecule has 2 fully saturated rings. The Morgan fingerprint density at radius 1 is 1.15 bits per heavy atom. The lowest BCUT2D eigenvalue weighted by Crippen LogP contribution is -2.54. The van der Waals surface area contributed by atoms with Crippen LogP contribution in [0.5, 0.6) is 5.75 Å². The van der Waals surface area contributed by atoms with Crippen molar-refractivity contribution >= 4 is 58.6 Å². The Morgan fingerprint density at radius 2 is 1.94 bits per heavy atom. The van der Waals surface area contributed by atoms with Crippen molar-refractivity contribution in [3.8, 4) is 23.1 Å². The molecule has 47 heavy (non-hydrogen) atoms. The van der Waals surface area contributed by atoms with E-state index in [0.29, 0.717) is 79.6 Å². The van der Waals surface area contributed by atoms with Gasteiger partial charge in [-0.1, -0.05) is 23.2 Å². The molecule has 0 saturated carbocycles. The molecule has 6 rings (SSSR count). The molecule has 0 bridgehead atoms. The van der Waals surface area contributed by atoms with E-state index in [4.69, 9.17) is 37.9 Å². The van der Waals surface area contributed by atoms with E-state index in [1.165, 1.54) is 12.3 Å². The fraction of sp³-hybridized carbons (Fsp3) is 0.290. The highest BCUT2D eigenvalue weighted by Crippen LogP contribution is 2.36. The number of halogens is 3. The smallest absolute Gasteiger partial charge is 0.293 e. The first kappa shape index (κ1) is 32.0. The quantitative estimate of drug-likeness (QED) is 0.250. The number of nitrogens with one attached hydrogen (secondary N) is 2. The number of hydrogen-bond acceptors (Lipinski definition) is 10. The van der Waals surface area contributed by atoms with Gasteiger partial charge in [0, 0.05) is 62.8 Å². The van der Waals surface area contributed by atoms with Gasteiger partial charge in [-0.25, -0.2) is 14.4 Å². The highest BCUT2D eigenvalue weighted by molar-refractivity contribution is 6.34. The van der Waals surface area contributed by atoms with Crippen LogP contribution >= 0.6 is 23.2 Å². The molecule has 2 aromatic heterocycles. The maximum absolute atomic E-state index is 14.8. The van der Waals surface area contributed by atoms with Crippen molar-refractivity contribution in [1.82, 2.24) is 29.5 Å². The van der Waals surface area contributed by atoms with Crippen molar-refractivity contribution in [3.05, 3.63) is 70.3 Å². The lowest BCUT2D eigenvalue weighted by molar-refractivity contribution is -0.136. The second kappa shape index (κ2) is 13.8. The number of rotatable bonds is 9. The molecular formula is C31H27Cl2FN8O5. The van der Waals surface area contributed by atoms with Crippen LogP contribution in [0.25, 0.3) is 16.9 Å². The van der Waals surface area contributed by atoms with Crippen LogP contribution in [0, 0.1) is 17.1 Å². The lowest BCUT2D eigenvalue weighted by atomic mass is 10.1. The number of imidazole rings is 1. The summed E-state index contributed by atoms with van der Waals surface area (Å²) in [4.78, 5) is 49.1. The third kappa shape index (κ3) is 6.50. The van der Waals surface area contributed by atoms with Crippen molar-refractivity contribution in [2.24, 2.45) is 0 Å². The third-order valence-corrected chi connectivity index (χ3v) is 8.70. The van der Waals surface area contributed by atoms with Crippen molar-refractivity contribution in [1.29, 1.82) is 5.26 Å². The summed E-state index contributed by atoms with van der Waals surface area (Å²) in [5, 5.41) is 15.0. The van der Waals surface area contributed by atoms with E-state index in [1.54, 1.807) is 56.9 Å². The van der Waals surface area contributed by atoms with E-state index in [0.717, 1.165) is 0 Å². The van der Waals surface area contributed by atoms with Crippen LogP contribution in [-0.2, 0) is 14.3 Å². The summed E-state index contributed by atoms with van der Waals surface area (Å²) in [5.74, 6) is -0.874. The van der Waals surface area contributed by atoms with Crippen LogP contribution in [0.15, 0.2) is 48.9 Å². The Labute approximate surface area is 277 Å². The summed E-state index contributed by atoms with van der Waals surface area (Å²) in [7, 11) is 0. The van der Waals surface area contributed by atoms with Crippen molar-refractivity contribution in [2.75, 3.05) is 44.6 Å². The Balaban J connectivity index is 1.12. The number of carbonyl (C=O) groups is 3. The van der Waals surface area contributed by atoms with Crippen molar-refractivity contribution in [3.63, 3.8) is 0 Å². The highest BCUT2D eigenvalue weighted by atomic mass is 35.5. The van der Waals surface area contributed by atoms with Crippen LogP contribution in [0.4, 0.5) is 15.9 Å². The Morgan fingerprint density at radius 3 is 2.68 bits per heavy atom. The van der Waals surface area contributed by atoms with E-state index in [9.17, 15) is 18.8 Å². The first-order chi connectivity index (χ1) is 22.8. The number of ether oxygens (including phenoxy) is 2. The molecule has 242 valence electrons. The van der Waals surface area contributed by atoms with E-state index in [-0.39, 0.29) is 40.3 Å². The van der Waals surface area contributed by atoms with Gasteiger partial charge in [0.25, 0.3) is 12.4 Å². The Kier molecular flexibility index (Phi) is 9.39. The Bertz CT molecular complexity index is 1890. The topological polar surface area (TPSA) is 154 Å². The number of nitriles is 1. The summed E-state index contributed by atoms with van der Waals surface area (Å²) in [6.07, 6.45) is 4.82. The minimum absolute atomic E-state index is 0.0782. The number of hydrogen-bond donors (Lipinski definition) is 2. The minimum Gasteiger partial charge on any atom is -0.476 e. The number of anilines is 2. The molecule has 16 heteroatoms. The molecule has 2 amide bonds. The van der Waals surface area contributed by atoms with Crippen molar-refractivity contribution in [2.45, 2.75) is 18.6 Å². The molecule has 0 unspecified atom stereocenters. The largest absolute Gasteiger partial charge is 0.476 e. The number of nitrogens with zero attached hydrogens (tertiary/aromatic N) is 6. The molecule has 0 aliphatic carbocycles. The first-order valence-corrected chi connectivity index (χ1v) is 15.3. The van der Waals surface area contributed by atoms with Gasteiger partial charge in [0.1, 0.15) is 12.2 Å². The fourth-order valence-corrected chi connectivity index (χ4v) is 6.17. The molecule has 0 radical (unpaired) electrons. The normalized spacial score (nSPS) is 17.7. The van der Waals surface area contributed by atoms with E-state index >= 15 is 0 Å². The number of piperazine rings is 1. The zero-order valence-corrected chi connectivity index (χ0v) is 26.2. The molecule has 0 spiro atoms. The summed E-state index contributed by atoms with van der Waals surface area (Å²) in [5.41, 5.74) is 2.15. The zero-order valence-electron chi connectivity index (χ0n) is 24.7. The van der Waals surface area contributed by atoms with Gasteiger partial charge in [-0.2, -0.15) is 5.26 Å². The van der Waals surface area contributed by atoms with Gasteiger partial charge in [0.15, 0.2) is 29.6 Å². The third-order valence-electron chi connectivity index (χ3n) is 8.02. The van der Waals surface area contributed by atoms with Gasteiger partial charge in [-0.3, -0.25) is 18.8 Å². The predicted molar refractivity (Wildman–Crippen MR) is 169 cm³/mol. The average Bonchev–Trinajstić information content (AvgIpc) is 3.73. The second-order valence-corrected chi connectivity index (χ2v) is 11.6. The number of benzene rings is 2. The molecule has 2 atom stereocenters. The van der Waals surface area contributed by atoms with Gasteiger partial charge < -0.3 is 29.9 Å². The molecule has 2 N–H and O–H groups in total. The molecule has 2 aliphatic heterocycles. The van der Waals surface area contributed by atoms with Gasteiger partial charge in [-0.05, 0) is 30.3 Å². The van der Waals surface area contributed by atoms with Crippen LogP contribution in [0.2, 0.25) is 10.0 Å². The summed E-state index contributed by atoms with van der Waals surface area (Å²) < 4.78 is 26.6. The first-order valence-electron chi connectivity index (χ1n) is 14.6. The number of aromatic nitrogens is 3. The van der Waals surface area contributed by atoms with Crippen LogP contribution in [0.1, 0.15) is 16.8 Å². The number of fused-ring (bicyclic) bond motifs is 1. The summed E-state index contributed by atoms with van der Waals surface area (Å²) >= 11 is 12.9. The maximum Gasteiger partial charge on any atom is 0.293 e. The second-order valence-electron chi connectivity index (χ2n) is 10.8. The van der Waals surface area contributed by atoms with E-state index in [1.807, 2.05) is 0 Å². The predicted octanol–water partition coefficient (Wildman–Crippen LogP) is 3.68. The molecule has 13 nitrogen and oxygen atoms in total. The standard InChI is InChI=1S/C31H27Cl2FN8O5/c32-22-13-18(1-2-20(22)30(44)40-8-10-41(11-9-40)31(45)23-14-19(15-37-23)47-17-43)39-28-29-38-16-24(42(29)7-6-36-28)21-3-4-25(46-12-5-35)27(34)26(21)33/h1-4,6-7,13,16-17,19,23,37H,8-12,14-15H2,(H,36,39)/t19-,23+/m1/s1. The zero-order chi connectivity index (χ0) is 33.1. The van der Waals surface area contributed by atoms with Gasteiger partial charge in [0.05, 0.1) is 33.5 Å². The van der Waals surface area contributed by atoms with Gasteiger partial charge in [0.2, 0.25) is 5.91 Å². The molecular weight excluding hydrogens is 654 g/mol. The van der Waals surface area contributed by atoms with Crippen molar-refractivity contribution < 1.29 is 28.2 Å². The fourth-order valence-electron chi connectivity index (χ4n) is 5.66. The lowest BCUT2D eigenvalue weighted by Gasteiger charge is -2.36. The monoisotopic (exact) mass is 680 g/mol. The number of amides is 2. The SMILES string of the molecule is N#CCOc1ccc(-c2cnc3c(Nc4ccc(C(=O)N5CCN(C(=O)[C@@H]6C[C@@H](OC=O)CN6)CC5)c(Cl)c4)nccn23)c(Cl)c1F. The van der Waals surface area contributed by atoms with Gasteiger partial charge in [-0.15, -0.1) is 0 Å². The molecule has 4 aromatic rings. The molecule has 2 aliphatic rings. The average molecular weight is 682 g/mol. The van der Waals surface area contributed by atoms with E-state index in [2.05, 4.69) is 20.6 Å². The Hall–Kier alpha value is -4.97. The molecule has 4 heterocycles. The summed E-state index contributed by atoms with van der Waals surface area (Å²) in [6.45, 7) is 1.94. The summed E-state index contributed by atoms with van der Waals surface area (Å²) in [6, 6.07) is 9.27. The molecule has 2 saturated heterocycles. The van der Waals surface area contributed by atoms with Gasteiger partial charge >= 0.3 is 0 Å². The maximum atomic E-state index is 14.8.